The lowest BCUT2D eigenvalue weighted by molar-refractivity contribution is -0.635. The van der Waals surface area contributed by atoms with Gasteiger partial charge in [0, 0.05) is 12.8 Å². The minimum atomic E-state index is -6.00. The van der Waals surface area contributed by atoms with Crippen LogP contribution in [0.3, 0.4) is 0 Å². The summed E-state index contributed by atoms with van der Waals surface area (Å²) in [6.45, 7) is 7.11. The summed E-state index contributed by atoms with van der Waals surface area (Å²) in [6, 6.07) is 0. The summed E-state index contributed by atoms with van der Waals surface area (Å²) in [7, 11) is -6.00. The van der Waals surface area contributed by atoms with Gasteiger partial charge in [-0.1, -0.05) is 26.7 Å². The van der Waals surface area contributed by atoms with E-state index in [2.05, 4.69) is 19.2 Å². The van der Waals surface area contributed by atoms with Gasteiger partial charge in [-0.05, 0) is 0 Å². The Morgan fingerprint density at radius 2 is 1.21 bits per heavy atom. The van der Waals surface area contributed by atoms with Crippen LogP contribution in [0, 0.1) is 0 Å². The number of hydrogen-bond donors (Lipinski definition) is 1. The Morgan fingerprint density at radius 1 is 0.929 bits per heavy atom. The molecular weight excluding hydrogens is 197 g/mol. The third kappa shape index (κ3) is 41.1. The summed E-state index contributed by atoms with van der Waals surface area (Å²) in [5, 5.41) is 2.36. The van der Waals surface area contributed by atoms with Crippen LogP contribution in [-0.4, -0.2) is 20.3 Å². The predicted octanol–water partition coefficient (Wildman–Crippen LogP) is 2.45. The zero-order valence-corrected chi connectivity index (χ0v) is 8.91. The maximum Gasteiger partial charge on any atom is 0.673 e. The molecule has 0 atom stereocenters. The van der Waals surface area contributed by atoms with E-state index in [4.69, 9.17) is 0 Å². The van der Waals surface area contributed by atoms with Crippen LogP contribution in [0.1, 0.15) is 39.5 Å². The van der Waals surface area contributed by atoms with Crippen molar-refractivity contribution >= 4 is 7.25 Å². The van der Waals surface area contributed by atoms with E-state index in [-0.39, 0.29) is 0 Å². The molecule has 1 fully saturated rings. The second kappa shape index (κ2) is 10.8. The van der Waals surface area contributed by atoms with Gasteiger partial charge >= 0.3 is 7.25 Å². The number of nitrogens with two attached hydrogens (primary N) is 1. The molecule has 1 aliphatic heterocycles. The van der Waals surface area contributed by atoms with Crippen LogP contribution in [0.2, 0.25) is 0 Å². The standard InChI is InChI=1S/C4H9N.C4H10.BF4/c1-2-4-5-3-1;1-3-4-2;2-1(3,4)5/h5H,1-4H2;3-4H2,1-2H3;/q;;-1/p+1. The lowest BCUT2D eigenvalue weighted by Crippen LogP contribution is -2.80. The highest BCUT2D eigenvalue weighted by molar-refractivity contribution is 6.50. The van der Waals surface area contributed by atoms with E-state index >= 15 is 0 Å². The average Bonchev–Trinajstić information content (AvgIpc) is 2.57. The van der Waals surface area contributed by atoms with E-state index in [1.807, 2.05) is 0 Å². The second-order valence-corrected chi connectivity index (χ2v) is 3.07. The average molecular weight is 217 g/mol. The highest BCUT2D eigenvalue weighted by Crippen LogP contribution is 2.06. The van der Waals surface area contributed by atoms with Crippen molar-refractivity contribution in [1.82, 2.24) is 0 Å². The van der Waals surface area contributed by atoms with Gasteiger partial charge in [-0.3, -0.25) is 0 Å². The summed E-state index contributed by atoms with van der Waals surface area (Å²) in [4.78, 5) is 0. The molecule has 0 radical (unpaired) electrons. The van der Waals surface area contributed by atoms with Crippen LogP contribution in [0.25, 0.3) is 0 Å². The fourth-order valence-corrected chi connectivity index (χ4v) is 0.722. The molecule has 2 N–H and O–H groups in total. The Hall–Kier alpha value is -0.255. The van der Waals surface area contributed by atoms with E-state index in [0.717, 1.165) is 0 Å². The van der Waals surface area contributed by atoms with Gasteiger partial charge in [0.15, 0.2) is 0 Å². The van der Waals surface area contributed by atoms with Gasteiger partial charge in [-0.25, -0.2) is 0 Å². The maximum atomic E-state index is 9.75. The molecule has 0 bridgehead atoms. The molecule has 88 valence electrons. The first-order chi connectivity index (χ1) is 6.41. The Kier molecular flexibility index (Phi) is 12.5. The first-order valence-corrected chi connectivity index (χ1v) is 5.10. The van der Waals surface area contributed by atoms with E-state index in [9.17, 15) is 17.3 Å². The fraction of sp³-hybridized carbons (Fsp3) is 1.00. The lowest BCUT2D eigenvalue weighted by Gasteiger charge is -1.94. The van der Waals surface area contributed by atoms with E-state index in [1.54, 1.807) is 0 Å². The van der Waals surface area contributed by atoms with Gasteiger partial charge < -0.3 is 22.6 Å². The molecule has 1 aliphatic rings. The summed E-state index contributed by atoms with van der Waals surface area (Å²) in [5.74, 6) is 0. The monoisotopic (exact) mass is 217 g/mol. The predicted molar refractivity (Wildman–Crippen MR) is 51.7 cm³/mol. The highest BCUT2D eigenvalue weighted by atomic mass is 19.5. The van der Waals surface area contributed by atoms with Gasteiger partial charge in [-0.2, -0.15) is 0 Å². The molecule has 0 unspecified atom stereocenters. The van der Waals surface area contributed by atoms with Gasteiger partial charge in [0.2, 0.25) is 0 Å². The Labute approximate surface area is 83.4 Å². The van der Waals surface area contributed by atoms with Crippen LogP contribution in [0.5, 0.6) is 0 Å². The maximum absolute atomic E-state index is 9.75. The second-order valence-electron chi connectivity index (χ2n) is 3.07. The van der Waals surface area contributed by atoms with Crippen LogP contribution >= 0.6 is 0 Å². The van der Waals surface area contributed by atoms with Gasteiger partial charge in [-0.15, -0.1) is 0 Å². The summed E-state index contributed by atoms with van der Waals surface area (Å²) in [6.07, 6.45) is 5.53. The first kappa shape index (κ1) is 16.2. The van der Waals surface area contributed by atoms with Gasteiger partial charge in [0.05, 0.1) is 13.1 Å². The lowest BCUT2D eigenvalue weighted by atomic mass is 10.3. The van der Waals surface area contributed by atoms with Crippen LogP contribution < -0.4 is 5.32 Å². The number of unbranched alkanes of at least 4 members (excludes halogenated alkanes) is 1. The first-order valence-electron chi connectivity index (χ1n) is 5.10. The molecular formula is C8H20BF4N. The highest BCUT2D eigenvalue weighted by Gasteiger charge is 2.20. The smallest absolute Gasteiger partial charge is 0.418 e. The van der Waals surface area contributed by atoms with E-state index in [1.165, 1.54) is 38.8 Å². The van der Waals surface area contributed by atoms with Gasteiger partial charge in [0.25, 0.3) is 0 Å². The molecule has 14 heavy (non-hydrogen) atoms. The van der Waals surface area contributed by atoms with Crippen molar-refractivity contribution in [3.63, 3.8) is 0 Å². The van der Waals surface area contributed by atoms with Crippen molar-refractivity contribution in [1.29, 1.82) is 0 Å². The normalized spacial score (nSPS) is 15.0. The zero-order chi connectivity index (χ0) is 11.4. The molecule has 1 nitrogen and oxygen atoms in total. The van der Waals surface area contributed by atoms with Crippen molar-refractivity contribution < 1.29 is 22.6 Å². The van der Waals surface area contributed by atoms with Crippen molar-refractivity contribution in [2.75, 3.05) is 13.1 Å². The molecule has 0 aromatic heterocycles. The molecule has 0 aliphatic carbocycles. The van der Waals surface area contributed by atoms with E-state index in [0.29, 0.717) is 0 Å². The van der Waals surface area contributed by atoms with Crippen LogP contribution in [-0.2, 0) is 0 Å². The van der Waals surface area contributed by atoms with Crippen LogP contribution in [0.4, 0.5) is 17.3 Å². The fourth-order valence-electron chi connectivity index (χ4n) is 0.722. The van der Waals surface area contributed by atoms with Crippen molar-refractivity contribution in [3.05, 3.63) is 0 Å². The quantitative estimate of drug-likeness (QED) is 0.513. The topological polar surface area (TPSA) is 16.6 Å². The Balaban J connectivity index is 0. The molecule has 1 rings (SSSR count). The third-order valence-corrected chi connectivity index (χ3v) is 1.57. The minimum absolute atomic E-state index is 1.32. The molecule has 6 heteroatoms. The molecule has 0 amide bonds. The molecule has 0 saturated carbocycles. The largest absolute Gasteiger partial charge is 0.673 e. The number of rotatable bonds is 1. The van der Waals surface area contributed by atoms with E-state index < -0.39 is 7.25 Å². The molecule has 1 heterocycles. The third-order valence-electron chi connectivity index (χ3n) is 1.57. The van der Waals surface area contributed by atoms with Gasteiger partial charge in [0.1, 0.15) is 0 Å². The zero-order valence-electron chi connectivity index (χ0n) is 8.91. The molecule has 0 spiro atoms. The molecule has 1 saturated heterocycles. The number of halogens is 4. The Bertz CT molecular complexity index is 88.4. The van der Waals surface area contributed by atoms with Crippen LogP contribution in [0.15, 0.2) is 0 Å². The molecule has 0 aromatic carbocycles. The number of hydrogen-bond acceptors (Lipinski definition) is 0. The summed E-state index contributed by atoms with van der Waals surface area (Å²) >= 11 is 0. The minimum Gasteiger partial charge on any atom is -0.418 e. The SMILES string of the molecule is C1CC[NH2+]C1.CCCC.F[B-](F)(F)F. The number of quaternary nitrogens is 1. The van der Waals surface area contributed by atoms with Crippen molar-refractivity contribution in [3.8, 4) is 0 Å². The summed E-state index contributed by atoms with van der Waals surface area (Å²) in [5.41, 5.74) is 0. The van der Waals surface area contributed by atoms with Crippen molar-refractivity contribution in [2.24, 2.45) is 0 Å². The van der Waals surface area contributed by atoms with Crippen molar-refractivity contribution in [2.45, 2.75) is 39.5 Å². The Morgan fingerprint density at radius 3 is 1.29 bits per heavy atom. The summed E-state index contributed by atoms with van der Waals surface area (Å²) < 4.78 is 39.0. The molecule has 0 aromatic rings.